The second-order valence-electron chi connectivity index (χ2n) is 14.9. The topological polar surface area (TPSA) is 16.4 Å². The number of fused-ring (bicyclic) bond motifs is 6. The van der Waals surface area contributed by atoms with Crippen LogP contribution in [0.4, 0.5) is 17.1 Å². The molecule has 58 heavy (non-hydrogen) atoms. The molecule has 0 aliphatic carbocycles. The first-order valence-electron chi connectivity index (χ1n) is 19.8. The van der Waals surface area contributed by atoms with Crippen molar-refractivity contribution in [3.05, 3.63) is 224 Å². The Kier molecular flexibility index (Phi) is 8.19. The third-order valence-corrected chi connectivity index (χ3v) is 11.5. The maximum absolute atomic E-state index is 6.40. The van der Waals surface area contributed by atoms with E-state index in [2.05, 4.69) is 217 Å². The van der Waals surface area contributed by atoms with Crippen LogP contribution in [0.25, 0.3) is 88.0 Å². The van der Waals surface area contributed by atoms with Gasteiger partial charge in [0.1, 0.15) is 11.2 Å². The van der Waals surface area contributed by atoms with Gasteiger partial charge in [-0.3, -0.25) is 0 Å². The molecule has 10 aromatic carbocycles. The minimum Gasteiger partial charge on any atom is -0.456 e. The fraction of sp³-hybridized carbons (Fsp3) is 0. The molecule has 0 saturated carbocycles. The molecule has 11 aromatic rings. The third-order valence-electron chi connectivity index (χ3n) is 11.5. The Morgan fingerprint density at radius 1 is 0.293 bits per heavy atom. The van der Waals surface area contributed by atoms with Gasteiger partial charge in [0.05, 0.1) is 11.1 Å². The summed E-state index contributed by atoms with van der Waals surface area (Å²) in [6.45, 7) is 0. The first kappa shape index (κ1) is 33.6. The molecule has 0 spiro atoms. The minimum atomic E-state index is 0.867. The summed E-state index contributed by atoms with van der Waals surface area (Å²) in [5, 5.41) is 7.24. The lowest BCUT2D eigenvalue weighted by molar-refractivity contribution is 0.669. The van der Waals surface area contributed by atoms with Crippen LogP contribution < -0.4 is 4.90 Å². The van der Waals surface area contributed by atoms with Crippen molar-refractivity contribution in [3.63, 3.8) is 0 Å². The van der Waals surface area contributed by atoms with E-state index >= 15 is 0 Å². The lowest BCUT2D eigenvalue weighted by Gasteiger charge is -2.27. The standard InChI is InChI=1S/C56H37NO/c1-3-13-39(14-4-1)48-35-30-43(37-52(48)40-15-5-2-6-16-40)38-25-31-44(32-26-38)57(53-22-12-24-55-56(53)51-19-9-10-23-54(51)58-55)45-33-27-42(28-34-45)47-20-11-21-49-46-18-8-7-17-41(46)29-36-50(47)49/h1-37H. The molecule has 0 aliphatic rings. The molecular formula is C56H37NO. The van der Waals surface area contributed by atoms with Gasteiger partial charge in [0, 0.05) is 16.8 Å². The average Bonchev–Trinajstić information content (AvgIpc) is 3.69. The van der Waals surface area contributed by atoms with Crippen LogP contribution in [0, 0.1) is 0 Å². The predicted molar refractivity (Wildman–Crippen MR) is 245 cm³/mol. The Morgan fingerprint density at radius 3 is 1.62 bits per heavy atom. The van der Waals surface area contributed by atoms with Crippen molar-refractivity contribution < 1.29 is 4.42 Å². The van der Waals surface area contributed by atoms with E-state index in [9.17, 15) is 0 Å². The van der Waals surface area contributed by atoms with Crippen LogP contribution in [-0.4, -0.2) is 0 Å². The van der Waals surface area contributed by atoms with Crippen molar-refractivity contribution in [1.29, 1.82) is 0 Å². The van der Waals surface area contributed by atoms with Crippen LogP contribution >= 0.6 is 0 Å². The van der Waals surface area contributed by atoms with Crippen molar-refractivity contribution >= 4 is 60.5 Å². The van der Waals surface area contributed by atoms with Gasteiger partial charge in [-0.25, -0.2) is 0 Å². The highest BCUT2D eigenvalue weighted by molar-refractivity contribution is 6.14. The normalized spacial score (nSPS) is 11.4. The van der Waals surface area contributed by atoms with Gasteiger partial charge in [-0.05, 0) is 115 Å². The molecule has 0 unspecified atom stereocenters. The zero-order chi connectivity index (χ0) is 38.4. The summed E-state index contributed by atoms with van der Waals surface area (Å²) in [4.78, 5) is 2.36. The van der Waals surface area contributed by atoms with Crippen molar-refractivity contribution in [3.8, 4) is 44.5 Å². The van der Waals surface area contributed by atoms with E-state index in [-0.39, 0.29) is 0 Å². The average molecular weight is 740 g/mol. The van der Waals surface area contributed by atoms with E-state index < -0.39 is 0 Å². The van der Waals surface area contributed by atoms with Gasteiger partial charge >= 0.3 is 0 Å². The quantitative estimate of drug-likeness (QED) is 0.151. The summed E-state index contributed by atoms with van der Waals surface area (Å²) >= 11 is 0. The summed E-state index contributed by atoms with van der Waals surface area (Å²) in [7, 11) is 0. The van der Waals surface area contributed by atoms with Crippen LogP contribution in [0.2, 0.25) is 0 Å². The highest BCUT2D eigenvalue weighted by Crippen LogP contribution is 2.44. The highest BCUT2D eigenvalue weighted by atomic mass is 16.3. The van der Waals surface area contributed by atoms with Gasteiger partial charge < -0.3 is 9.32 Å². The molecule has 0 saturated heterocycles. The SMILES string of the molecule is c1ccc(-c2ccc(-c3ccc(N(c4ccc(-c5cccc6c5ccc5ccccc56)cc4)c4cccc5oc6ccccc6c45)cc3)cc2-c2ccccc2)cc1. The van der Waals surface area contributed by atoms with Gasteiger partial charge in [0.15, 0.2) is 0 Å². The second kappa shape index (κ2) is 14.1. The van der Waals surface area contributed by atoms with Crippen molar-refractivity contribution in [2.75, 3.05) is 4.90 Å². The molecule has 272 valence electrons. The Bertz CT molecular complexity index is 3250. The Balaban J connectivity index is 1.03. The van der Waals surface area contributed by atoms with E-state index in [0.29, 0.717) is 0 Å². The van der Waals surface area contributed by atoms with Crippen LogP contribution in [0.3, 0.4) is 0 Å². The summed E-state index contributed by atoms with van der Waals surface area (Å²) < 4.78 is 6.40. The Hall–Kier alpha value is -7.68. The number of anilines is 3. The summed E-state index contributed by atoms with van der Waals surface area (Å²) in [6, 6.07) is 80.6. The summed E-state index contributed by atoms with van der Waals surface area (Å²) in [6.07, 6.45) is 0. The number of benzene rings is 10. The van der Waals surface area contributed by atoms with E-state index in [1.807, 2.05) is 12.1 Å². The van der Waals surface area contributed by atoms with Gasteiger partial charge in [-0.15, -0.1) is 0 Å². The molecule has 11 rings (SSSR count). The Morgan fingerprint density at radius 2 is 0.862 bits per heavy atom. The van der Waals surface area contributed by atoms with E-state index in [4.69, 9.17) is 4.42 Å². The molecule has 0 bridgehead atoms. The fourth-order valence-electron chi connectivity index (χ4n) is 8.70. The molecular weight excluding hydrogens is 703 g/mol. The molecule has 2 nitrogen and oxygen atoms in total. The van der Waals surface area contributed by atoms with Crippen LogP contribution in [0.15, 0.2) is 229 Å². The number of hydrogen-bond acceptors (Lipinski definition) is 2. The maximum Gasteiger partial charge on any atom is 0.137 e. The van der Waals surface area contributed by atoms with Crippen LogP contribution in [0.1, 0.15) is 0 Å². The first-order valence-corrected chi connectivity index (χ1v) is 19.8. The molecule has 1 heterocycles. The molecule has 0 atom stereocenters. The third kappa shape index (κ3) is 5.82. The predicted octanol–water partition coefficient (Wildman–Crippen LogP) is 16.0. The van der Waals surface area contributed by atoms with Gasteiger partial charge in [0.2, 0.25) is 0 Å². The van der Waals surface area contributed by atoms with E-state index in [1.165, 1.54) is 60.5 Å². The van der Waals surface area contributed by atoms with E-state index in [1.54, 1.807) is 0 Å². The van der Waals surface area contributed by atoms with Gasteiger partial charge in [0.25, 0.3) is 0 Å². The molecule has 0 N–H and O–H groups in total. The zero-order valence-electron chi connectivity index (χ0n) is 31.7. The van der Waals surface area contributed by atoms with Crippen molar-refractivity contribution in [2.24, 2.45) is 0 Å². The lowest BCUT2D eigenvalue weighted by Crippen LogP contribution is -2.10. The second-order valence-corrected chi connectivity index (χ2v) is 14.9. The molecule has 0 radical (unpaired) electrons. The molecule has 0 amide bonds. The largest absolute Gasteiger partial charge is 0.456 e. The van der Waals surface area contributed by atoms with Crippen LogP contribution in [0.5, 0.6) is 0 Å². The zero-order valence-corrected chi connectivity index (χ0v) is 31.7. The molecule has 0 aliphatic heterocycles. The lowest BCUT2D eigenvalue weighted by atomic mass is 9.91. The molecule has 0 fully saturated rings. The van der Waals surface area contributed by atoms with Gasteiger partial charge in [-0.2, -0.15) is 0 Å². The van der Waals surface area contributed by atoms with E-state index in [0.717, 1.165) is 44.6 Å². The maximum atomic E-state index is 6.40. The number of hydrogen-bond donors (Lipinski definition) is 0. The smallest absolute Gasteiger partial charge is 0.137 e. The molecule has 2 heteroatoms. The monoisotopic (exact) mass is 739 g/mol. The van der Waals surface area contributed by atoms with Crippen molar-refractivity contribution in [1.82, 2.24) is 0 Å². The number of para-hydroxylation sites is 1. The van der Waals surface area contributed by atoms with Gasteiger partial charge in [-0.1, -0.05) is 176 Å². The first-order chi connectivity index (χ1) is 28.8. The van der Waals surface area contributed by atoms with Crippen molar-refractivity contribution in [2.45, 2.75) is 0 Å². The highest BCUT2D eigenvalue weighted by Gasteiger charge is 2.20. The minimum absolute atomic E-state index is 0.867. The molecule has 1 aromatic heterocycles. The van der Waals surface area contributed by atoms with Crippen LogP contribution in [-0.2, 0) is 0 Å². The summed E-state index contributed by atoms with van der Waals surface area (Å²) in [5.74, 6) is 0. The Labute approximate surface area is 337 Å². The fourth-order valence-corrected chi connectivity index (χ4v) is 8.70. The number of furan rings is 1. The number of rotatable bonds is 7. The number of nitrogens with zero attached hydrogens (tertiary/aromatic N) is 1. The summed E-state index contributed by atoms with van der Waals surface area (Å²) in [5.41, 5.74) is 14.5.